The third-order valence-corrected chi connectivity index (χ3v) is 2.63. The fourth-order valence-electron chi connectivity index (χ4n) is 1.28. The summed E-state index contributed by atoms with van der Waals surface area (Å²) < 4.78 is 5.71. The zero-order chi connectivity index (χ0) is 13.1. The normalized spacial score (nSPS) is 11.6. The summed E-state index contributed by atoms with van der Waals surface area (Å²) in [7, 11) is 1.36. The minimum atomic E-state index is -0.939. The van der Waals surface area contributed by atoms with E-state index in [9.17, 15) is 0 Å². The summed E-state index contributed by atoms with van der Waals surface area (Å²) in [6, 6.07) is 3.86. The Hall–Kier alpha value is -0.750. The lowest BCUT2D eigenvalue weighted by Crippen LogP contribution is -2.32. The highest BCUT2D eigenvalue weighted by Gasteiger charge is 2.23. The van der Waals surface area contributed by atoms with Crippen LogP contribution in [0.25, 0.3) is 0 Å². The van der Waals surface area contributed by atoms with E-state index in [-0.39, 0.29) is 0 Å². The molecule has 0 bridgehead atoms. The number of aryl methyl sites for hydroxylation is 2. The monoisotopic (exact) mass is 258 g/mol. The molecule has 0 atom stereocenters. The Morgan fingerprint density at radius 2 is 1.76 bits per heavy atom. The molecule has 96 valence electrons. The van der Waals surface area contributed by atoms with E-state index in [1.54, 1.807) is 13.8 Å². The van der Waals surface area contributed by atoms with Gasteiger partial charge in [0.05, 0.1) is 7.11 Å². The highest BCUT2D eigenvalue weighted by molar-refractivity contribution is 7.80. The van der Waals surface area contributed by atoms with Crippen LogP contribution in [0.15, 0.2) is 17.0 Å². The average Bonchev–Trinajstić information content (AvgIpc) is 2.23. The van der Waals surface area contributed by atoms with E-state index in [1.807, 2.05) is 26.0 Å². The van der Waals surface area contributed by atoms with E-state index >= 15 is 0 Å². The van der Waals surface area contributed by atoms with Crippen LogP contribution in [-0.4, -0.2) is 12.9 Å². The molecule has 0 fully saturated rings. The van der Waals surface area contributed by atoms with Gasteiger partial charge in [-0.15, -0.1) is 12.6 Å². The summed E-state index contributed by atoms with van der Waals surface area (Å²) in [4.78, 5) is 10.3. The molecule has 0 radical (unpaired) electrons. The van der Waals surface area contributed by atoms with Gasteiger partial charge >= 0.3 is 0 Å². The van der Waals surface area contributed by atoms with Gasteiger partial charge in [0, 0.05) is 18.7 Å². The maximum Gasteiger partial charge on any atom is 0.238 e. The largest absolute Gasteiger partial charge is 0.460 e. The number of rotatable bonds is 5. The second-order valence-corrected chi connectivity index (χ2v) is 4.71. The van der Waals surface area contributed by atoms with Gasteiger partial charge in [0.25, 0.3) is 0 Å². The van der Waals surface area contributed by atoms with Crippen molar-refractivity contribution in [3.05, 3.63) is 23.3 Å². The minimum Gasteiger partial charge on any atom is -0.460 e. The SMILES string of the molecule is COOOC(C)(C)Oc1cc(C)c(S)cc1C. The molecule has 4 nitrogen and oxygen atoms in total. The van der Waals surface area contributed by atoms with Crippen molar-refractivity contribution < 1.29 is 19.6 Å². The molecule has 0 aliphatic carbocycles. The Morgan fingerprint density at radius 3 is 2.35 bits per heavy atom. The molecule has 0 saturated carbocycles. The lowest BCUT2D eigenvalue weighted by molar-refractivity contribution is -0.551. The van der Waals surface area contributed by atoms with Crippen LogP contribution < -0.4 is 4.74 Å². The Balaban J connectivity index is 2.84. The van der Waals surface area contributed by atoms with Gasteiger partial charge in [0.1, 0.15) is 5.75 Å². The van der Waals surface area contributed by atoms with Gasteiger partial charge in [-0.05, 0) is 37.1 Å². The molecule has 0 heterocycles. The molecular formula is C12H18O4S. The molecule has 0 aliphatic heterocycles. The first-order chi connectivity index (χ1) is 7.85. The second-order valence-electron chi connectivity index (χ2n) is 4.22. The third kappa shape index (κ3) is 4.20. The quantitative estimate of drug-likeness (QED) is 0.381. The van der Waals surface area contributed by atoms with Crippen LogP contribution in [0.2, 0.25) is 0 Å². The standard InChI is InChI=1S/C12H18O4S/c1-8-7-11(17)9(2)6-10(8)14-12(3,4)15-16-13-5/h6-7,17H,1-5H3. The van der Waals surface area contributed by atoms with E-state index in [2.05, 4.69) is 22.6 Å². The van der Waals surface area contributed by atoms with Gasteiger partial charge < -0.3 is 4.74 Å². The molecule has 0 aromatic heterocycles. The number of benzene rings is 1. The summed E-state index contributed by atoms with van der Waals surface area (Å²) in [6.45, 7) is 7.38. The first kappa shape index (κ1) is 14.3. The summed E-state index contributed by atoms with van der Waals surface area (Å²) in [5.41, 5.74) is 2.02. The maximum atomic E-state index is 5.71. The van der Waals surface area contributed by atoms with E-state index < -0.39 is 5.79 Å². The summed E-state index contributed by atoms with van der Waals surface area (Å²) >= 11 is 4.35. The zero-order valence-corrected chi connectivity index (χ0v) is 11.6. The number of ether oxygens (including phenoxy) is 1. The van der Waals surface area contributed by atoms with Crippen LogP contribution in [-0.2, 0) is 14.8 Å². The van der Waals surface area contributed by atoms with Crippen molar-refractivity contribution in [3.8, 4) is 5.75 Å². The molecule has 0 amide bonds. The molecule has 0 unspecified atom stereocenters. The lowest BCUT2D eigenvalue weighted by Gasteiger charge is -2.25. The van der Waals surface area contributed by atoms with Crippen LogP contribution in [0, 0.1) is 13.8 Å². The maximum absolute atomic E-state index is 5.71. The third-order valence-electron chi connectivity index (χ3n) is 2.15. The molecule has 0 aliphatic rings. The van der Waals surface area contributed by atoms with E-state index in [0.29, 0.717) is 0 Å². The molecule has 0 spiro atoms. The highest BCUT2D eigenvalue weighted by atomic mass is 32.1. The predicted octanol–water partition coefficient (Wildman–Crippen LogP) is 3.22. The van der Waals surface area contributed by atoms with Crippen LogP contribution in [0.1, 0.15) is 25.0 Å². The van der Waals surface area contributed by atoms with Crippen molar-refractivity contribution >= 4 is 12.6 Å². The topological polar surface area (TPSA) is 36.9 Å². The van der Waals surface area contributed by atoms with Gasteiger partial charge in [-0.1, -0.05) is 5.04 Å². The Morgan fingerprint density at radius 1 is 1.12 bits per heavy atom. The molecule has 0 saturated heterocycles. The van der Waals surface area contributed by atoms with Crippen LogP contribution in [0.5, 0.6) is 5.75 Å². The first-order valence-corrected chi connectivity index (χ1v) is 5.68. The van der Waals surface area contributed by atoms with E-state index in [4.69, 9.17) is 9.62 Å². The number of hydrogen-bond donors (Lipinski definition) is 1. The second kappa shape index (κ2) is 5.73. The molecule has 17 heavy (non-hydrogen) atoms. The number of thiol groups is 1. The summed E-state index contributed by atoms with van der Waals surface area (Å²) in [5, 5.41) is 4.42. The van der Waals surface area contributed by atoms with Gasteiger partial charge in [0.2, 0.25) is 5.79 Å². The van der Waals surface area contributed by atoms with E-state index in [1.165, 1.54) is 7.11 Å². The average molecular weight is 258 g/mol. The van der Waals surface area contributed by atoms with Gasteiger partial charge in [-0.3, -0.25) is 0 Å². The minimum absolute atomic E-state index is 0.727. The van der Waals surface area contributed by atoms with Crippen molar-refractivity contribution in [3.63, 3.8) is 0 Å². The van der Waals surface area contributed by atoms with Crippen molar-refractivity contribution in [2.45, 2.75) is 38.4 Å². The zero-order valence-electron chi connectivity index (χ0n) is 10.7. The van der Waals surface area contributed by atoms with Crippen molar-refractivity contribution in [1.29, 1.82) is 0 Å². The summed E-state index contributed by atoms with van der Waals surface area (Å²) in [5.74, 6) is -0.212. The molecule has 1 aromatic rings. The smallest absolute Gasteiger partial charge is 0.238 e. The van der Waals surface area contributed by atoms with Crippen LogP contribution >= 0.6 is 12.6 Å². The fraction of sp³-hybridized carbons (Fsp3) is 0.500. The molecular weight excluding hydrogens is 240 g/mol. The predicted molar refractivity (Wildman–Crippen MR) is 67.1 cm³/mol. The van der Waals surface area contributed by atoms with Crippen molar-refractivity contribution in [2.75, 3.05) is 7.11 Å². The fourth-order valence-corrected chi connectivity index (χ4v) is 1.54. The Bertz CT molecular complexity index is 390. The summed E-state index contributed by atoms with van der Waals surface area (Å²) in [6.07, 6.45) is 0. The van der Waals surface area contributed by atoms with E-state index in [0.717, 1.165) is 21.8 Å². The lowest BCUT2D eigenvalue weighted by atomic mass is 10.1. The van der Waals surface area contributed by atoms with Gasteiger partial charge in [0.15, 0.2) is 0 Å². The van der Waals surface area contributed by atoms with Gasteiger partial charge in [-0.25, -0.2) is 4.89 Å². The van der Waals surface area contributed by atoms with Crippen LogP contribution in [0.4, 0.5) is 0 Å². The highest BCUT2D eigenvalue weighted by Crippen LogP contribution is 2.28. The molecule has 5 heteroatoms. The molecule has 1 aromatic carbocycles. The molecule has 1 rings (SSSR count). The van der Waals surface area contributed by atoms with Crippen molar-refractivity contribution in [1.82, 2.24) is 0 Å². The van der Waals surface area contributed by atoms with Crippen LogP contribution in [0.3, 0.4) is 0 Å². The first-order valence-electron chi connectivity index (χ1n) is 5.23. The Kier molecular flexibility index (Phi) is 4.82. The van der Waals surface area contributed by atoms with Crippen molar-refractivity contribution in [2.24, 2.45) is 0 Å². The molecule has 0 N–H and O–H groups in total. The number of hydrogen-bond acceptors (Lipinski definition) is 5. The van der Waals surface area contributed by atoms with Gasteiger partial charge in [-0.2, -0.15) is 4.89 Å². The Labute approximate surface area is 107 Å².